The third-order valence-corrected chi connectivity index (χ3v) is 5.62. The number of hydrogen-bond donors (Lipinski definition) is 2. The molecule has 1 aromatic carbocycles. The Labute approximate surface area is 160 Å². The number of para-hydroxylation sites is 1. The number of imide groups is 1. The van der Waals surface area contributed by atoms with Gasteiger partial charge in [-0.1, -0.05) is 30.0 Å². The molecule has 1 aliphatic carbocycles. The summed E-state index contributed by atoms with van der Waals surface area (Å²) in [4.78, 5) is 42.7. The first kappa shape index (κ1) is 17.8. The number of nitrogens with one attached hydrogen (secondary N) is 2. The van der Waals surface area contributed by atoms with Gasteiger partial charge in [0.05, 0.1) is 21.4 Å². The number of thioether (sulfide) groups is 1. The summed E-state index contributed by atoms with van der Waals surface area (Å²) in [5.74, 6) is -0.371. The maximum atomic E-state index is 12.7. The van der Waals surface area contributed by atoms with Gasteiger partial charge in [-0.15, -0.1) is 0 Å². The number of aromatic nitrogens is 1. The Morgan fingerprint density at radius 3 is 2.81 bits per heavy atom. The minimum Gasteiger partial charge on any atom is -0.349 e. The van der Waals surface area contributed by atoms with E-state index in [1.54, 1.807) is 13.0 Å². The summed E-state index contributed by atoms with van der Waals surface area (Å²) in [6.45, 7) is 2.60. The SMILES string of the molecule is CC(Sc1cc(C(=O)NC2CC2)c2ccccc2n1)C(=O)N1CCNC1=O. The molecule has 4 amide bonds. The fourth-order valence-corrected chi connectivity index (χ4v) is 3.95. The van der Waals surface area contributed by atoms with E-state index in [1.165, 1.54) is 16.7 Å². The number of carbonyl (C=O) groups excluding carboxylic acids is 3. The number of carbonyl (C=O) groups is 3. The van der Waals surface area contributed by atoms with Gasteiger partial charge in [-0.2, -0.15) is 0 Å². The van der Waals surface area contributed by atoms with Crippen LogP contribution < -0.4 is 10.6 Å². The first-order valence-corrected chi connectivity index (χ1v) is 9.87. The first-order chi connectivity index (χ1) is 13.0. The largest absolute Gasteiger partial charge is 0.349 e. The van der Waals surface area contributed by atoms with Crippen molar-refractivity contribution in [1.29, 1.82) is 0 Å². The molecule has 1 atom stereocenters. The van der Waals surface area contributed by atoms with Crippen molar-refractivity contribution in [1.82, 2.24) is 20.5 Å². The van der Waals surface area contributed by atoms with Gasteiger partial charge < -0.3 is 10.6 Å². The van der Waals surface area contributed by atoms with Crippen LogP contribution in [0.4, 0.5) is 4.79 Å². The molecular formula is C19H20N4O3S. The number of amides is 4. The summed E-state index contributed by atoms with van der Waals surface area (Å²) >= 11 is 1.26. The zero-order valence-corrected chi connectivity index (χ0v) is 15.7. The molecule has 1 saturated carbocycles. The smallest absolute Gasteiger partial charge is 0.324 e. The molecule has 2 N–H and O–H groups in total. The van der Waals surface area contributed by atoms with Crippen LogP contribution in [0.2, 0.25) is 0 Å². The average Bonchev–Trinajstić information content (AvgIpc) is 3.37. The minimum atomic E-state index is -0.484. The van der Waals surface area contributed by atoms with Crippen molar-refractivity contribution >= 4 is 40.5 Å². The van der Waals surface area contributed by atoms with Crippen molar-refractivity contribution in [3.05, 3.63) is 35.9 Å². The van der Waals surface area contributed by atoms with E-state index in [0.29, 0.717) is 29.2 Å². The molecule has 1 unspecified atom stereocenters. The van der Waals surface area contributed by atoms with Gasteiger partial charge in [0.2, 0.25) is 5.91 Å². The fourth-order valence-electron chi connectivity index (χ4n) is 3.02. The number of pyridine rings is 1. The number of hydrogen-bond acceptors (Lipinski definition) is 5. The van der Waals surface area contributed by atoms with E-state index in [2.05, 4.69) is 15.6 Å². The Morgan fingerprint density at radius 1 is 1.33 bits per heavy atom. The monoisotopic (exact) mass is 384 g/mol. The molecule has 1 saturated heterocycles. The zero-order chi connectivity index (χ0) is 19.0. The van der Waals surface area contributed by atoms with E-state index < -0.39 is 5.25 Å². The second-order valence-corrected chi connectivity index (χ2v) is 8.12. The molecule has 0 radical (unpaired) electrons. The highest BCUT2D eigenvalue weighted by Crippen LogP contribution is 2.29. The molecule has 27 heavy (non-hydrogen) atoms. The van der Waals surface area contributed by atoms with Gasteiger partial charge in [0.1, 0.15) is 0 Å². The molecule has 0 spiro atoms. The van der Waals surface area contributed by atoms with Crippen LogP contribution in [0.1, 0.15) is 30.1 Å². The standard InChI is InChI=1S/C19H20N4O3S/c1-11(18(25)23-9-8-20-19(23)26)27-16-10-14(17(24)21-12-6-7-12)13-4-2-3-5-15(13)22-16/h2-5,10-12H,6-9H2,1H3,(H,20,26)(H,21,24). The first-order valence-electron chi connectivity index (χ1n) is 8.99. The molecular weight excluding hydrogens is 364 g/mol. The van der Waals surface area contributed by atoms with Crippen molar-refractivity contribution < 1.29 is 14.4 Å². The maximum Gasteiger partial charge on any atom is 0.324 e. The highest BCUT2D eigenvalue weighted by Gasteiger charge is 2.31. The van der Waals surface area contributed by atoms with E-state index in [4.69, 9.17) is 0 Å². The van der Waals surface area contributed by atoms with E-state index in [0.717, 1.165) is 18.2 Å². The number of nitrogens with zero attached hydrogens (tertiary/aromatic N) is 2. The lowest BCUT2D eigenvalue weighted by Gasteiger charge is -2.17. The summed E-state index contributed by atoms with van der Waals surface area (Å²) < 4.78 is 0. The van der Waals surface area contributed by atoms with Gasteiger partial charge >= 0.3 is 6.03 Å². The summed E-state index contributed by atoms with van der Waals surface area (Å²) in [5.41, 5.74) is 1.27. The summed E-state index contributed by atoms with van der Waals surface area (Å²) in [7, 11) is 0. The lowest BCUT2D eigenvalue weighted by Crippen LogP contribution is -2.38. The third-order valence-electron chi connectivity index (χ3n) is 4.62. The van der Waals surface area contributed by atoms with Crippen LogP contribution >= 0.6 is 11.8 Å². The Morgan fingerprint density at radius 2 is 2.11 bits per heavy atom. The maximum absolute atomic E-state index is 12.7. The van der Waals surface area contributed by atoms with Crippen molar-refractivity contribution in [3.63, 3.8) is 0 Å². The summed E-state index contributed by atoms with van der Waals surface area (Å²) in [5, 5.41) is 6.54. The molecule has 140 valence electrons. The Hall–Kier alpha value is -2.61. The van der Waals surface area contributed by atoms with Crippen LogP contribution in [0.5, 0.6) is 0 Å². The normalized spacial score (nSPS) is 17.7. The second-order valence-electron chi connectivity index (χ2n) is 6.75. The molecule has 8 heteroatoms. The molecule has 1 aliphatic heterocycles. The Balaban J connectivity index is 1.60. The van der Waals surface area contributed by atoms with Crippen LogP contribution in [0.3, 0.4) is 0 Å². The van der Waals surface area contributed by atoms with Crippen LogP contribution in [-0.4, -0.2) is 52.1 Å². The molecule has 1 aromatic heterocycles. The predicted octanol–water partition coefficient (Wildman–Crippen LogP) is 2.16. The predicted molar refractivity (Wildman–Crippen MR) is 103 cm³/mol. The van der Waals surface area contributed by atoms with Gasteiger partial charge in [0, 0.05) is 24.5 Å². The highest BCUT2D eigenvalue weighted by atomic mass is 32.2. The van der Waals surface area contributed by atoms with Crippen molar-refractivity contribution in [2.45, 2.75) is 36.1 Å². The zero-order valence-electron chi connectivity index (χ0n) is 14.9. The Bertz CT molecular complexity index is 928. The van der Waals surface area contributed by atoms with E-state index in [9.17, 15) is 14.4 Å². The quantitative estimate of drug-likeness (QED) is 0.771. The van der Waals surface area contributed by atoms with Gasteiger partial charge in [0.25, 0.3) is 5.91 Å². The molecule has 4 rings (SSSR count). The molecule has 7 nitrogen and oxygen atoms in total. The van der Waals surface area contributed by atoms with Gasteiger partial charge in [-0.05, 0) is 31.9 Å². The van der Waals surface area contributed by atoms with Crippen LogP contribution in [0.15, 0.2) is 35.4 Å². The number of urea groups is 1. The lowest BCUT2D eigenvalue weighted by atomic mass is 10.1. The molecule has 2 aromatic rings. The van der Waals surface area contributed by atoms with E-state index in [1.807, 2.05) is 24.3 Å². The van der Waals surface area contributed by atoms with Crippen molar-refractivity contribution in [2.75, 3.05) is 13.1 Å². The highest BCUT2D eigenvalue weighted by molar-refractivity contribution is 8.00. The van der Waals surface area contributed by atoms with E-state index >= 15 is 0 Å². The minimum absolute atomic E-state index is 0.115. The fraction of sp³-hybridized carbons (Fsp3) is 0.368. The van der Waals surface area contributed by atoms with Gasteiger partial charge in [-0.25, -0.2) is 9.78 Å². The summed E-state index contributed by atoms with van der Waals surface area (Å²) in [6, 6.07) is 9.12. The van der Waals surface area contributed by atoms with Crippen LogP contribution in [0, 0.1) is 0 Å². The second kappa shape index (κ2) is 7.19. The Kier molecular flexibility index (Phi) is 4.73. The molecule has 2 fully saturated rings. The topological polar surface area (TPSA) is 91.4 Å². The average molecular weight is 384 g/mol. The van der Waals surface area contributed by atoms with Gasteiger partial charge in [0.15, 0.2) is 0 Å². The van der Waals surface area contributed by atoms with Gasteiger partial charge in [-0.3, -0.25) is 14.5 Å². The number of fused-ring (bicyclic) bond motifs is 1. The van der Waals surface area contributed by atoms with Crippen LogP contribution in [-0.2, 0) is 4.79 Å². The van der Waals surface area contributed by atoms with Crippen LogP contribution in [0.25, 0.3) is 10.9 Å². The molecule has 0 bridgehead atoms. The molecule has 2 heterocycles. The van der Waals surface area contributed by atoms with Crippen molar-refractivity contribution in [3.8, 4) is 0 Å². The number of rotatable bonds is 5. The number of benzene rings is 1. The molecule has 2 aliphatic rings. The third kappa shape index (κ3) is 3.75. The lowest BCUT2D eigenvalue weighted by molar-refractivity contribution is -0.126. The van der Waals surface area contributed by atoms with E-state index in [-0.39, 0.29) is 23.9 Å². The van der Waals surface area contributed by atoms with Crippen molar-refractivity contribution in [2.24, 2.45) is 0 Å². The summed E-state index contributed by atoms with van der Waals surface area (Å²) in [6.07, 6.45) is 2.03.